The van der Waals surface area contributed by atoms with Gasteiger partial charge in [-0.2, -0.15) is 4.72 Å². The fourth-order valence-corrected chi connectivity index (χ4v) is 1.90. The molecular formula is C9H7F2NO2S. The smallest absolute Gasteiger partial charge is 0.207 e. The lowest BCUT2D eigenvalue weighted by molar-refractivity contribution is 0.545. The third-order valence-corrected chi connectivity index (χ3v) is 2.98. The van der Waals surface area contributed by atoms with Gasteiger partial charge in [-0.25, -0.2) is 17.2 Å². The Labute approximate surface area is 86.2 Å². The number of terminal acetylenes is 1. The van der Waals surface area contributed by atoms with Crippen molar-refractivity contribution in [1.82, 2.24) is 4.72 Å². The Balaban J connectivity index is 3.12. The van der Waals surface area contributed by atoms with E-state index < -0.39 is 26.6 Å². The molecular weight excluding hydrogens is 224 g/mol. The molecule has 1 rings (SSSR count). The molecule has 0 heterocycles. The number of sulfonamides is 1. The van der Waals surface area contributed by atoms with E-state index in [1.165, 1.54) is 0 Å². The van der Waals surface area contributed by atoms with Crippen LogP contribution in [0.25, 0.3) is 0 Å². The van der Waals surface area contributed by atoms with Crippen LogP contribution in [-0.4, -0.2) is 15.0 Å². The minimum Gasteiger partial charge on any atom is -0.207 e. The average molecular weight is 231 g/mol. The van der Waals surface area contributed by atoms with Gasteiger partial charge in [-0.3, -0.25) is 0 Å². The first-order valence-electron chi connectivity index (χ1n) is 3.85. The van der Waals surface area contributed by atoms with Crippen molar-refractivity contribution in [2.75, 3.05) is 6.54 Å². The van der Waals surface area contributed by atoms with E-state index in [-0.39, 0.29) is 6.54 Å². The first-order chi connectivity index (χ1) is 6.97. The zero-order valence-electron chi connectivity index (χ0n) is 7.50. The van der Waals surface area contributed by atoms with E-state index in [0.717, 1.165) is 12.1 Å². The van der Waals surface area contributed by atoms with Crippen LogP contribution in [-0.2, 0) is 10.0 Å². The number of halogens is 2. The molecule has 1 aromatic rings. The maximum Gasteiger partial charge on any atom is 0.244 e. The van der Waals surface area contributed by atoms with E-state index in [4.69, 9.17) is 6.42 Å². The van der Waals surface area contributed by atoms with Gasteiger partial charge in [0.05, 0.1) is 6.54 Å². The molecule has 0 fully saturated rings. The summed E-state index contributed by atoms with van der Waals surface area (Å²) >= 11 is 0. The molecule has 0 bridgehead atoms. The van der Waals surface area contributed by atoms with Gasteiger partial charge in [-0.1, -0.05) is 5.92 Å². The van der Waals surface area contributed by atoms with Crippen LogP contribution in [0, 0.1) is 24.0 Å². The lowest BCUT2D eigenvalue weighted by Crippen LogP contribution is -2.24. The van der Waals surface area contributed by atoms with Crippen LogP contribution in [0.15, 0.2) is 23.1 Å². The molecule has 0 amide bonds. The Morgan fingerprint density at radius 3 is 2.60 bits per heavy atom. The van der Waals surface area contributed by atoms with Crippen molar-refractivity contribution in [3.63, 3.8) is 0 Å². The number of benzene rings is 1. The molecule has 0 aliphatic heterocycles. The molecule has 0 aromatic heterocycles. The lowest BCUT2D eigenvalue weighted by atomic mass is 10.3. The van der Waals surface area contributed by atoms with E-state index in [1.807, 2.05) is 10.6 Å². The molecule has 0 aliphatic carbocycles. The predicted molar refractivity (Wildman–Crippen MR) is 50.4 cm³/mol. The molecule has 3 nitrogen and oxygen atoms in total. The molecule has 1 N–H and O–H groups in total. The fourth-order valence-electron chi connectivity index (χ4n) is 0.908. The highest BCUT2D eigenvalue weighted by atomic mass is 32.2. The van der Waals surface area contributed by atoms with Crippen molar-refractivity contribution >= 4 is 10.0 Å². The first-order valence-corrected chi connectivity index (χ1v) is 5.34. The zero-order chi connectivity index (χ0) is 11.5. The standard InChI is InChI=1S/C9H7F2NO2S/c1-2-5-12-15(13,14)9-4-3-7(10)6-8(9)11/h1,3-4,6,12H,5H2. The Bertz CT molecular complexity index is 505. The summed E-state index contributed by atoms with van der Waals surface area (Å²) in [5, 5.41) is 0. The highest BCUT2D eigenvalue weighted by Gasteiger charge is 2.18. The normalized spacial score (nSPS) is 11.0. The van der Waals surface area contributed by atoms with Gasteiger partial charge in [0.1, 0.15) is 16.5 Å². The maximum absolute atomic E-state index is 13.1. The summed E-state index contributed by atoms with van der Waals surface area (Å²) in [6, 6.07) is 2.18. The largest absolute Gasteiger partial charge is 0.244 e. The number of hydrogen-bond donors (Lipinski definition) is 1. The van der Waals surface area contributed by atoms with E-state index >= 15 is 0 Å². The molecule has 0 saturated carbocycles. The average Bonchev–Trinajstić information content (AvgIpc) is 2.14. The summed E-state index contributed by atoms with van der Waals surface area (Å²) in [5.74, 6) is 0.0403. The number of nitrogens with one attached hydrogen (secondary N) is 1. The third kappa shape index (κ3) is 2.75. The molecule has 0 saturated heterocycles. The van der Waals surface area contributed by atoms with Crippen LogP contribution >= 0.6 is 0 Å². The van der Waals surface area contributed by atoms with E-state index in [1.54, 1.807) is 0 Å². The second kappa shape index (κ2) is 4.38. The van der Waals surface area contributed by atoms with Gasteiger partial charge in [0, 0.05) is 6.07 Å². The van der Waals surface area contributed by atoms with Gasteiger partial charge >= 0.3 is 0 Å². The molecule has 0 unspecified atom stereocenters. The molecule has 15 heavy (non-hydrogen) atoms. The molecule has 1 aromatic carbocycles. The van der Waals surface area contributed by atoms with Crippen LogP contribution in [0.4, 0.5) is 8.78 Å². The predicted octanol–water partition coefficient (Wildman–Crippen LogP) is 0.876. The van der Waals surface area contributed by atoms with Gasteiger partial charge in [-0.05, 0) is 12.1 Å². The Kier molecular flexibility index (Phi) is 3.39. The molecule has 0 aliphatic rings. The molecule has 6 heteroatoms. The van der Waals surface area contributed by atoms with Gasteiger partial charge < -0.3 is 0 Å². The quantitative estimate of drug-likeness (QED) is 0.785. The van der Waals surface area contributed by atoms with Crippen molar-refractivity contribution in [3.05, 3.63) is 29.8 Å². The van der Waals surface area contributed by atoms with Gasteiger partial charge in [0.15, 0.2) is 0 Å². The topological polar surface area (TPSA) is 46.2 Å². The van der Waals surface area contributed by atoms with Gasteiger partial charge in [-0.15, -0.1) is 6.42 Å². The highest BCUT2D eigenvalue weighted by Crippen LogP contribution is 2.14. The molecule has 0 spiro atoms. The SMILES string of the molecule is C#CCNS(=O)(=O)c1ccc(F)cc1F. The van der Waals surface area contributed by atoms with Crippen LogP contribution in [0.2, 0.25) is 0 Å². The minimum absolute atomic E-state index is 0.251. The Morgan fingerprint density at radius 1 is 1.40 bits per heavy atom. The Morgan fingerprint density at radius 2 is 2.07 bits per heavy atom. The van der Waals surface area contributed by atoms with Crippen molar-refractivity contribution in [1.29, 1.82) is 0 Å². The highest BCUT2D eigenvalue weighted by molar-refractivity contribution is 7.89. The second-order valence-electron chi connectivity index (χ2n) is 2.60. The van der Waals surface area contributed by atoms with Crippen LogP contribution in [0.5, 0.6) is 0 Å². The van der Waals surface area contributed by atoms with Crippen LogP contribution in [0.3, 0.4) is 0 Å². The first kappa shape index (κ1) is 11.6. The maximum atomic E-state index is 13.1. The van der Waals surface area contributed by atoms with E-state index in [0.29, 0.717) is 6.07 Å². The van der Waals surface area contributed by atoms with Crippen molar-refractivity contribution in [3.8, 4) is 12.3 Å². The molecule has 0 atom stereocenters. The summed E-state index contributed by atoms with van der Waals surface area (Å²) in [6.45, 7) is -0.251. The zero-order valence-corrected chi connectivity index (χ0v) is 8.31. The van der Waals surface area contributed by atoms with Crippen molar-refractivity contribution < 1.29 is 17.2 Å². The van der Waals surface area contributed by atoms with Gasteiger partial charge in [0.25, 0.3) is 0 Å². The summed E-state index contributed by atoms with van der Waals surface area (Å²) in [5.41, 5.74) is 0. The van der Waals surface area contributed by atoms with Crippen LogP contribution in [0.1, 0.15) is 0 Å². The summed E-state index contributed by atoms with van der Waals surface area (Å²) in [4.78, 5) is -0.626. The minimum atomic E-state index is -4.00. The van der Waals surface area contributed by atoms with E-state index in [9.17, 15) is 17.2 Å². The molecule has 0 radical (unpaired) electrons. The van der Waals surface area contributed by atoms with Crippen molar-refractivity contribution in [2.45, 2.75) is 4.90 Å². The van der Waals surface area contributed by atoms with Gasteiger partial charge in [0.2, 0.25) is 10.0 Å². The summed E-state index contributed by atoms with van der Waals surface area (Å²) < 4.78 is 50.2. The summed E-state index contributed by atoms with van der Waals surface area (Å²) in [6.07, 6.45) is 4.85. The lowest BCUT2D eigenvalue weighted by Gasteiger charge is -2.04. The summed E-state index contributed by atoms with van der Waals surface area (Å²) in [7, 11) is -4.00. The Hall–Kier alpha value is -1.45. The number of rotatable bonds is 3. The number of hydrogen-bond acceptors (Lipinski definition) is 2. The van der Waals surface area contributed by atoms with Crippen LogP contribution < -0.4 is 4.72 Å². The van der Waals surface area contributed by atoms with Crippen molar-refractivity contribution in [2.24, 2.45) is 0 Å². The fraction of sp³-hybridized carbons (Fsp3) is 0.111. The third-order valence-electron chi connectivity index (χ3n) is 1.55. The second-order valence-corrected chi connectivity index (χ2v) is 4.34. The monoisotopic (exact) mass is 231 g/mol. The van der Waals surface area contributed by atoms with E-state index in [2.05, 4.69) is 0 Å². The molecule has 80 valence electrons.